The summed E-state index contributed by atoms with van der Waals surface area (Å²) in [6, 6.07) is 23.0. The van der Waals surface area contributed by atoms with Gasteiger partial charge in [0.25, 0.3) is 11.7 Å². The third-order valence-electron chi connectivity index (χ3n) is 5.89. The first-order valence-corrected chi connectivity index (χ1v) is 10.5. The number of carbonyl (C=O) groups excluding carboxylic acids is 2. The average Bonchev–Trinajstić information content (AvgIpc) is 3.46. The Bertz CT molecular complexity index is 1370. The van der Waals surface area contributed by atoms with Crippen LogP contribution in [0, 0.1) is 0 Å². The molecule has 1 atom stereocenters. The number of aliphatic hydroxyl groups is 1. The highest BCUT2D eigenvalue weighted by Crippen LogP contribution is 2.40. The van der Waals surface area contributed by atoms with Crippen LogP contribution < -0.4 is 4.74 Å². The molecule has 5 rings (SSSR count). The number of furan rings is 1. The molecule has 1 fully saturated rings. The summed E-state index contributed by atoms with van der Waals surface area (Å²) in [6.45, 7) is 0.175. The van der Waals surface area contributed by atoms with Crippen molar-refractivity contribution in [1.29, 1.82) is 0 Å². The van der Waals surface area contributed by atoms with Gasteiger partial charge in [0.1, 0.15) is 23.3 Å². The van der Waals surface area contributed by atoms with Gasteiger partial charge < -0.3 is 19.2 Å². The molecule has 6 heteroatoms. The zero-order valence-electron chi connectivity index (χ0n) is 17.9. The molecule has 3 aromatic carbocycles. The molecule has 2 heterocycles. The Morgan fingerprint density at radius 2 is 1.73 bits per heavy atom. The largest absolute Gasteiger partial charge is 0.507 e. The van der Waals surface area contributed by atoms with Crippen molar-refractivity contribution < 1.29 is 23.8 Å². The number of ketones is 1. The Hall–Kier alpha value is -4.32. The first-order valence-electron chi connectivity index (χ1n) is 10.5. The zero-order chi connectivity index (χ0) is 22.9. The summed E-state index contributed by atoms with van der Waals surface area (Å²) in [5.41, 5.74) is 1.30. The van der Waals surface area contributed by atoms with E-state index in [-0.39, 0.29) is 17.9 Å². The number of aliphatic hydroxyl groups excluding tert-OH is 1. The molecule has 4 aromatic rings. The summed E-state index contributed by atoms with van der Waals surface area (Å²) in [7, 11) is 1.58. The minimum absolute atomic E-state index is 0.0127. The Morgan fingerprint density at radius 3 is 2.42 bits per heavy atom. The van der Waals surface area contributed by atoms with E-state index in [1.807, 2.05) is 42.5 Å². The fourth-order valence-corrected chi connectivity index (χ4v) is 4.21. The van der Waals surface area contributed by atoms with Crippen molar-refractivity contribution in [2.24, 2.45) is 0 Å². The van der Waals surface area contributed by atoms with E-state index in [4.69, 9.17) is 9.15 Å². The maximum Gasteiger partial charge on any atom is 0.296 e. The molecule has 164 valence electrons. The topological polar surface area (TPSA) is 80.0 Å². The van der Waals surface area contributed by atoms with Crippen LogP contribution in [0.1, 0.15) is 22.9 Å². The van der Waals surface area contributed by atoms with E-state index in [1.165, 1.54) is 11.2 Å². The summed E-state index contributed by atoms with van der Waals surface area (Å²) in [6.07, 6.45) is 1.48. The number of rotatable bonds is 5. The lowest BCUT2D eigenvalue weighted by Crippen LogP contribution is -2.29. The van der Waals surface area contributed by atoms with E-state index in [2.05, 4.69) is 0 Å². The molecule has 0 saturated carbocycles. The molecule has 1 saturated heterocycles. The molecule has 0 bridgehead atoms. The van der Waals surface area contributed by atoms with Crippen LogP contribution in [-0.4, -0.2) is 28.8 Å². The molecule has 33 heavy (non-hydrogen) atoms. The number of methoxy groups -OCH3 is 1. The molecule has 1 amide bonds. The lowest BCUT2D eigenvalue weighted by Gasteiger charge is -2.23. The lowest BCUT2D eigenvalue weighted by atomic mass is 9.97. The highest BCUT2D eigenvalue weighted by Gasteiger charge is 2.47. The molecule has 6 nitrogen and oxygen atoms in total. The van der Waals surface area contributed by atoms with E-state index >= 15 is 0 Å². The minimum Gasteiger partial charge on any atom is -0.507 e. The van der Waals surface area contributed by atoms with Crippen molar-refractivity contribution >= 4 is 28.2 Å². The van der Waals surface area contributed by atoms with Gasteiger partial charge in [-0.3, -0.25) is 9.59 Å². The summed E-state index contributed by atoms with van der Waals surface area (Å²) < 4.78 is 10.8. The number of hydrogen-bond acceptors (Lipinski definition) is 5. The Morgan fingerprint density at radius 1 is 0.970 bits per heavy atom. The van der Waals surface area contributed by atoms with E-state index in [1.54, 1.807) is 43.5 Å². The first-order chi connectivity index (χ1) is 16.1. The van der Waals surface area contributed by atoms with Crippen molar-refractivity contribution in [2.45, 2.75) is 12.6 Å². The van der Waals surface area contributed by atoms with Gasteiger partial charge in [-0.1, -0.05) is 48.5 Å². The predicted octanol–water partition coefficient (Wildman–Crippen LogP) is 5.06. The molecule has 0 spiro atoms. The van der Waals surface area contributed by atoms with Gasteiger partial charge >= 0.3 is 0 Å². The number of likely N-dealkylation sites (tertiary alicyclic amines) is 1. The Labute approximate surface area is 190 Å². The van der Waals surface area contributed by atoms with Gasteiger partial charge in [0.2, 0.25) is 0 Å². The van der Waals surface area contributed by atoms with Gasteiger partial charge in [-0.25, -0.2) is 0 Å². The average molecular weight is 439 g/mol. The lowest BCUT2D eigenvalue weighted by molar-refractivity contribution is -0.140. The van der Waals surface area contributed by atoms with Gasteiger partial charge in [-0.05, 0) is 46.7 Å². The van der Waals surface area contributed by atoms with Crippen LogP contribution in [0.3, 0.4) is 0 Å². The summed E-state index contributed by atoms with van der Waals surface area (Å²) in [5, 5.41) is 13.1. The normalized spacial score (nSPS) is 17.6. The zero-order valence-corrected chi connectivity index (χ0v) is 17.9. The third-order valence-corrected chi connectivity index (χ3v) is 5.89. The van der Waals surface area contributed by atoms with Crippen LogP contribution in [0.5, 0.6) is 5.75 Å². The van der Waals surface area contributed by atoms with E-state index in [0.29, 0.717) is 17.1 Å². The molecule has 1 aromatic heterocycles. The molecular formula is C27H21NO5. The van der Waals surface area contributed by atoms with Crippen LogP contribution >= 0.6 is 0 Å². The highest BCUT2D eigenvalue weighted by atomic mass is 16.5. The second kappa shape index (κ2) is 8.31. The van der Waals surface area contributed by atoms with E-state index < -0.39 is 17.7 Å². The standard InChI is InChI=1S/C27H21NO5/c1-32-21-12-8-17(9-13-21)16-28-24(22-7-4-14-33-22)23(26(30)27(28)31)25(29)20-11-10-18-5-2-3-6-19(18)15-20/h2-15,24,29H,16H2,1H3/b25-23-. The number of hydrogen-bond donors (Lipinski definition) is 1. The van der Waals surface area contributed by atoms with Gasteiger partial charge in [0.05, 0.1) is 18.9 Å². The van der Waals surface area contributed by atoms with Crippen LogP contribution in [0.2, 0.25) is 0 Å². The monoisotopic (exact) mass is 439 g/mol. The minimum atomic E-state index is -0.839. The van der Waals surface area contributed by atoms with E-state index in [0.717, 1.165) is 16.3 Å². The first kappa shape index (κ1) is 20.6. The molecule has 1 aliphatic heterocycles. The maximum absolute atomic E-state index is 13.1. The number of ether oxygens (including phenoxy) is 1. The van der Waals surface area contributed by atoms with Crippen LogP contribution in [0.25, 0.3) is 16.5 Å². The van der Waals surface area contributed by atoms with Gasteiger partial charge in [-0.2, -0.15) is 0 Å². The van der Waals surface area contributed by atoms with Crippen molar-refractivity contribution in [3.8, 4) is 5.75 Å². The number of carbonyl (C=O) groups is 2. The van der Waals surface area contributed by atoms with E-state index in [9.17, 15) is 14.7 Å². The fourth-order valence-electron chi connectivity index (χ4n) is 4.21. The second-order valence-corrected chi connectivity index (χ2v) is 7.85. The van der Waals surface area contributed by atoms with Crippen molar-refractivity contribution in [3.63, 3.8) is 0 Å². The Kier molecular flexibility index (Phi) is 5.18. The number of amides is 1. The van der Waals surface area contributed by atoms with Crippen LogP contribution in [-0.2, 0) is 16.1 Å². The smallest absolute Gasteiger partial charge is 0.296 e. The number of Topliss-reactive ketones (excluding diaryl/α,β-unsaturated/α-hetero) is 1. The summed E-state index contributed by atoms with van der Waals surface area (Å²) >= 11 is 0. The number of fused-ring (bicyclic) bond motifs is 1. The maximum atomic E-state index is 13.1. The van der Waals surface area contributed by atoms with Crippen molar-refractivity contribution in [2.75, 3.05) is 7.11 Å². The van der Waals surface area contributed by atoms with Gasteiger partial charge in [-0.15, -0.1) is 0 Å². The van der Waals surface area contributed by atoms with Crippen LogP contribution in [0.15, 0.2) is 95.1 Å². The van der Waals surface area contributed by atoms with Crippen molar-refractivity contribution in [3.05, 3.63) is 108 Å². The second-order valence-electron chi connectivity index (χ2n) is 7.85. The molecule has 1 N–H and O–H groups in total. The summed E-state index contributed by atoms with van der Waals surface area (Å²) in [4.78, 5) is 27.6. The number of nitrogens with zero attached hydrogens (tertiary/aromatic N) is 1. The molecule has 1 aliphatic rings. The molecule has 0 aliphatic carbocycles. The van der Waals surface area contributed by atoms with Crippen molar-refractivity contribution in [1.82, 2.24) is 4.90 Å². The van der Waals surface area contributed by atoms with Crippen LogP contribution in [0.4, 0.5) is 0 Å². The Balaban J connectivity index is 1.60. The highest BCUT2D eigenvalue weighted by molar-refractivity contribution is 6.46. The quantitative estimate of drug-likeness (QED) is 0.267. The SMILES string of the molecule is COc1ccc(CN2C(=O)C(=O)/C(=C(\O)c3ccc4ccccc4c3)C2c2ccco2)cc1. The van der Waals surface area contributed by atoms with Gasteiger partial charge in [0.15, 0.2) is 0 Å². The summed E-state index contributed by atoms with van der Waals surface area (Å²) in [5.74, 6) is -0.549. The third kappa shape index (κ3) is 3.65. The molecular weight excluding hydrogens is 418 g/mol. The molecule has 1 unspecified atom stereocenters. The molecule has 0 radical (unpaired) electrons. The fraction of sp³-hybridized carbons (Fsp3) is 0.111. The van der Waals surface area contributed by atoms with Gasteiger partial charge in [0, 0.05) is 12.1 Å². The predicted molar refractivity (Wildman–Crippen MR) is 123 cm³/mol. The number of benzene rings is 3.